The van der Waals surface area contributed by atoms with E-state index in [0.717, 1.165) is 87.5 Å². The Morgan fingerprint density at radius 1 is 0.547 bits per heavy atom. The van der Waals surface area contributed by atoms with Gasteiger partial charge in [0.15, 0.2) is 17.5 Å². The predicted octanol–water partition coefficient (Wildman–Crippen LogP) is 10.3. The second kappa shape index (κ2) is 11.9. The maximum Gasteiger partial charge on any atom is 0.167 e. The van der Waals surface area contributed by atoms with Gasteiger partial charge in [0.2, 0.25) is 0 Å². The van der Waals surface area contributed by atoms with Crippen LogP contribution >= 0.6 is 11.3 Å². The van der Waals surface area contributed by atoms with Gasteiger partial charge in [-0.1, -0.05) is 121 Å². The number of hydrogen-bond donors (Lipinski definition) is 0. The van der Waals surface area contributed by atoms with Crippen LogP contribution in [0, 0.1) is 0 Å². The number of para-hydroxylation sites is 3. The minimum absolute atomic E-state index is 0.161. The lowest BCUT2D eigenvalue weighted by Crippen LogP contribution is -2.29. The van der Waals surface area contributed by atoms with Gasteiger partial charge in [-0.05, 0) is 42.3 Å². The van der Waals surface area contributed by atoms with E-state index in [4.69, 9.17) is 28.8 Å². The van der Waals surface area contributed by atoms with Gasteiger partial charge in [0, 0.05) is 44.0 Å². The maximum atomic E-state index is 7.01. The Morgan fingerprint density at radius 3 is 2.09 bits per heavy atom. The van der Waals surface area contributed by atoms with Gasteiger partial charge in [-0.15, -0.1) is 11.3 Å². The molecule has 0 aliphatic heterocycles. The predicted molar refractivity (Wildman–Crippen MR) is 213 cm³/mol. The zero-order chi connectivity index (χ0) is 34.9. The lowest BCUT2D eigenvalue weighted by atomic mass is 9.87. The molecule has 0 radical (unpaired) electrons. The number of fused-ring (bicyclic) bond motifs is 7. The van der Waals surface area contributed by atoms with Gasteiger partial charge >= 0.3 is 0 Å². The van der Waals surface area contributed by atoms with Crippen molar-refractivity contribution in [2.45, 2.75) is 12.3 Å². The van der Waals surface area contributed by atoms with Gasteiger partial charge in [0.1, 0.15) is 27.2 Å². The fourth-order valence-electron chi connectivity index (χ4n) is 7.67. The molecule has 0 N–H and O–H groups in total. The summed E-state index contributed by atoms with van der Waals surface area (Å²) in [6, 6.07) is 49.5. The summed E-state index contributed by atoms with van der Waals surface area (Å²) >= 11 is 1.71. The Morgan fingerprint density at radius 2 is 1.23 bits per heavy atom. The highest BCUT2D eigenvalue weighted by molar-refractivity contribution is 7.19. The molecule has 0 amide bonds. The van der Waals surface area contributed by atoms with E-state index < -0.39 is 0 Å². The van der Waals surface area contributed by atoms with Crippen LogP contribution in [0.15, 0.2) is 154 Å². The third kappa shape index (κ3) is 4.93. The topological polar surface area (TPSA) is 77.8 Å². The first-order valence-electron chi connectivity index (χ1n) is 17.7. The Kier molecular flexibility index (Phi) is 6.75. The van der Waals surface area contributed by atoms with Crippen LogP contribution in [0.4, 0.5) is 0 Å². The van der Waals surface area contributed by atoms with E-state index in [9.17, 15) is 0 Å². The summed E-state index contributed by atoms with van der Waals surface area (Å²) in [6.45, 7) is 0. The van der Waals surface area contributed by atoms with Crippen LogP contribution in [-0.4, -0.2) is 19.9 Å². The molecule has 7 heteroatoms. The number of hydrogen-bond acceptors (Lipinski definition) is 7. The molecule has 4 aromatic heterocycles. The Balaban J connectivity index is 1.18. The number of thiazole rings is 1. The van der Waals surface area contributed by atoms with Gasteiger partial charge in [-0.3, -0.25) is 0 Å². The molecule has 1 aliphatic carbocycles. The third-order valence-corrected chi connectivity index (χ3v) is 11.2. The maximum absolute atomic E-state index is 7.01. The minimum atomic E-state index is 0.161. The van der Waals surface area contributed by atoms with Crippen molar-refractivity contribution in [1.82, 2.24) is 19.9 Å². The average molecular weight is 701 g/mol. The van der Waals surface area contributed by atoms with Crippen molar-refractivity contribution in [3.05, 3.63) is 167 Å². The molecule has 0 saturated heterocycles. The van der Waals surface area contributed by atoms with Crippen molar-refractivity contribution in [1.29, 1.82) is 0 Å². The zero-order valence-electron chi connectivity index (χ0n) is 28.2. The van der Waals surface area contributed by atoms with Gasteiger partial charge in [-0.25, -0.2) is 19.9 Å². The van der Waals surface area contributed by atoms with Crippen LogP contribution < -0.4 is 10.6 Å². The van der Waals surface area contributed by atoms with Gasteiger partial charge in [0.25, 0.3) is 0 Å². The summed E-state index contributed by atoms with van der Waals surface area (Å²) in [5, 5.41) is 5.06. The van der Waals surface area contributed by atoms with Gasteiger partial charge in [-0.2, -0.15) is 0 Å². The van der Waals surface area contributed by atoms with Crippen LogP contribution in [0.25, 0.3) is 88.9 Å². The largest absolute Gasteiger partial charge is 0.456 e. The molecule has 0 bridgehead atoms. The van der Waals surface area contributed by atoms with E-state index in [0.29, 0.717) is 17.5 Å². The molecule has 0 spiro atoms. The monoisotopic (exact) mass is 700 g/mol. The first kappa shape index (κ1) is 30.0. The van der Waals surface area contributed by atoms with E-state index in [1.807, 2.05) is 72.8 Å². The zero-order valence-corrected chi connectivity index (χ0v) is 29.0. The number of rotatable bonds is 5. The van der Waals surface area contributed by atoms with Crippen LogP contribution in [0.2, 0.25) is 0 Å². The van der Waals surface area contributed by atoms with Crippen molar-refractivity contribution >= 4 is 66.1 Å². The van der Waals surface area contributed by atoms with E-state index in [1.165, 1.54) is 5.56 Å². The van der Waals surface area contributed by atoms with Crippen LogP contribution in [-0.2, 0) is 0 Å². The Bertz CT molecular complexity index is 3130. The van der Waals surface area contributed by atoms with Gasteiger partial charge < -0.3 is 8.83 Å². The lowest BCUT2D eigenvalue weighted by molar-refractivity contribution is 0.567. The standard InChI is InChI=1S/C46H28N4O2S/c1-3-13-27(14-4-1)29-25-34-30-18-11-20-33(41(30)52-42(34)35(26-29)46-47-36-21-8-10-24-39(36)53-46)45-49-43(28-15-5-2-6-16-28)48-44(50-45)32-19-12-23-38-40(32)31-17-7-9-22-37(31)51-38/h1-25,29H,26H2. The number of benzene rings is 6. The summed E-state index contributed by atoms with van der Waals surface area (Å²) in [4.78, 5) is 20.5. The highest BCUT2D eigenvalue weighted by Crippen LogP contribution is 2.38. The second-order valence-corrected chi connectivity index (χ2v) is 14.4. The number of aromatic nitrogens is 4. The lowest BCUT2D eigenvalue weighted by Gasteiger charge is -2.17. The molecule has 0 fully saturated rings. The average Bonchev–Trinajstić information content (AvgIpc) is 3.94. The summed E-state index contributed by atoms with van der Waals surface area (Å²) in [5.41, 5.74) is 9.15. The van der Waals surface area contributed by atoms with Crippen molar-refractivity contribution in [3.8, 4) is 34.2 Å². The number of nitrogens with zero attached hydrogens (tertiary/aromatic N) is 4. The SMILES string of the molecule is C1=c2c(oc3c(-c4nc(-c5ccccc5)nc(-c5cccc6oc7ccccc7c56)n4)cccc23)=C(c2nc3ccccc3s2)CC1c1ccccc1. The van der Waals surface area contributed by atoms with E-state index in [-0.39, 0.29) is 5.92 Å². The van der Waals surface area contributed by atoms with Crippen molar-refractivity contribution in [2.24, 2.45) is 0 Å². The molecule has 1 aliphatic rings. The molecule has 10 aromatic rings. The molecule has 6 nitrogen and oxygen atoms in total. The molecule has 0 saturated carbocycles. The minimum Gasteiger partial charge on any atom is -0.456 e. The summed E-state index contributed by atoms with van der Waals surface area (Å²) in [5.74, 6) is 1.85. The molecule has 1 atom stereocenters. The van der Waals surface area contributed by atoms with Crippen LogP contribution in [0.5, 0.6) is 0 Å². The second-order valence-electron chi connectivity index (χ2n) is 13.3. The summed E-state index contributed by atoms with van der Waals surface area (Å²) < 4.78 is 14.4. The third-order valence-electron chi connectivity index (χ3n) is 10.2. The normalized spacial score (nSPS) is 14.3. The summed E-state index contributed by atoms with van der Waals surface area (Å²) in [6.07, 6.45) is 3.14. The fraction of sp³-hybridized carbons (Fsp3) is 0.0435. The van der Waals surface area contributed by atoms with Gasteiger partial charge in [0.05, 0.1) is 15.8 Å². The fourth-order valence-corrected chi connectivity index (χ4v) is 8.69. The first-order valence-corrected chi connectivity index (χ1v) is 18.5. The Labute approximate surface area is 307 Å². The van der Waals surface area contributed by atoms with E-state index in [2.05, 4.69) is 78.9 Å². The molecule has 11 rings (SSSR count). The highest BCUT2D eigenvalue weighted by atomic mass is 32.1. The van der Waals surface area contributed by atoms with Crippen molar-refractivity contribution in [3.63, 3.8) is 0 Å². The number of furan rings is 2. The Hall–Kier alpha value is -6.70. The summed E-state index contributed by atoms with van der Waals surface area (Å²) in [7, 11) is 0. The van der Waals surface area contributed by atoms with E-state index >= 15 is 0 Å². The van der Waals surface area contributed by atoms with E-state index in [1.54, 1.807) is 11.3 Å². The molecule has 6 aromatic carbocycles. The molecule has 250 valence electrons. The van der Waals surface area contributed by atoms with Crippen LogP contribution in [0.3, 0.4) is 0 Å². The molecule has 1 unspecified atom stereocenters. The van der Waals surface area contributed by atoms with Crippen molar-refractivity contribution < 1.29 is 8.83 Å². The molecular formula is C46H28N4O2S. The van der Waals surface area contributed by atoms with Crippen LogP contribution in [0.1, 0.15) is 22.9 Å². The smallest absolute Gasteiger partial charge is 0.167 e. The molecule has 53 heavy (non-hydrogen) atoms. The first-order chi connectivity index (χ1) is 26.2. The quantitative estimate of drug-likeness (QED) is 0.178. The highest BCUT2D eigenvalue weighted by Gasteiger charge is 2.25. The molecular weight excluding hydrogens is 673 g/mol. The molecule has 4 heterocycles. The van der Waals surface area contributed by atoms with Crippen molar-refractivity contribution in [2.75, 3.05) is 0 Å².